The van der Waals surface area contributed by atoms with Crippen molar-refractivity contribution in [1.29, 1.82) is 0 Å². The highest BCUT2D eigenvalue weighted by atomic mass is 79.9. The zero-order chi connectivity index (χ0) is 14.9. The number of aliphatic hydroxyl groups excluding tert-OH is 1. The van der Waals surface area contributed by atoms with E-state index in [1.54, 1.807) is 6.07 Å². The van der Waals surface area contributed by atoms with Gasteiger partial charge in [-0.25, -0.2) is 4.39 Å². The first-order valence-corrected chi connectivity index (χ1v) is 9.39. The summed E-state index contributed by atoms with van der Waals surface area (Å²) >= 11 is 5.40. The molecule has 0 saturated carbocycles. The van der Waals surface area contributed by atoms with Crippen LogP contribution in [-0.4, -0.2) is 28.8 Å². The lowest BCUT2D eigenvalue weighted by atomic mass is 9.78. The lowest BCUT2D eigenvalue weighted by Crippen LogP contribution is -2.44. The van der Waals surface area contributed by atoms with Crippen LogP contribution in [0, 0.1) is 11.7 Å². The van der Waals surface area contributed by atoms with Gasteiger partial charge in [0.2, 0.25) is 0 Å². The van der Waals surface area contributed by atoms with E-state index in [0.717, 1.165) is 41.7 Å². The highest BCUT2D eigenvalue weighted by molar-refractivity contribution is 9.10. The van der Waals surface area contributed by atoms with Crippen LogP contribution < -0.4 is 0 Å². The molecule has 0 amide bonds. The second-order valence-corrected chi connectivity index (χ2v) is 8.09. The molecule has 2 saturated heterocycles. The molecule has 2 aliphatic heterocycles. The summed E-state index contributed by atoms with van der Waals surface area (Å²) in [4.78, 5) is 0. The van der Waals surface area contributed by atoms with Crippen LogP contribution >= 0.6 is 27.7 Å². The molecule has 0 aromatic heterocycles. The molecule has 21 heavy (non-hydrogen) atoms. The van der Waals surface area contributed by atoms with E-state index >= 15 is 0 Å². The summed E-state index contributed by atoms with van der Waals surface area (Å²) in [5.41, 5.74) is 0.594. The number of aliphatic hydroxyl groups is 1. The van der Waals surface area contributed by atoms with Gasteiger partial charge in [-0.15, -0.1) is 0 Å². The molecule has 0 radical (unpaired) electrons. The van der Waals surface area contributed by atoms with E-state index in [-0.39, 0.29) is 17.3 Å². The number of thioether (sulfide) groups is 1. The minimum atomic E-state index is -0.634. The Bertz CT molecular complexity index is 500. The van der Waals surface area contributed by atoms with E-state index in [4.69, 9.17) is 4.74 Å². The Morgan fingerprint density at radius 2 is 2.14 bits per heavy atom. The molecule has 1 N–H and O–H groups in total. The molecular formula is C16H20BrFO2S. The lowest BCUT2D eigenvalue weighted by Gasteiger charge is -2.44. The summed E-state index contributed by atoms with van der Waals surface area (Å²) < 4.78 is 20.3. The summed E-state index contributed by atoms with van der Waals surface area (Å²) in [5, 5.41) is 10.7. The van der Waals surface area contributed by atoms with Crippen molar-refractivity contribution in [3.63, 3.8) is 0 Å². The summed E-state index contributed by atoms with van der Waals surface area (Å²) in [5.74, 6) is 2.10. The van der Waals surface area contributed by atoms with Crippen molar-refractivity contribution in [2.75, 3.05) is 18.1 Å². The molecular weight excluding hydrogens is 355 g/mol. The molecule has 1 aromatic carbocycles. The van der Waals surface area contributed by atoms with Crippen LogP contribution in [0.1, 0.15) is 37.4 Å². The van der Waals surface area contributed by atoms with Gasteiger partial charge in [-0.1, -0.05) is 15.9 Å². The number of halogens is 2. The highest BCUT2D eigenvalue weighted by Crippen LogP contribution is 2.44. The maximum absolute atomic E-state index is 13.5. The van der Waals surface area contributed by atoms with Gasteiger partial charge in [-0.05, 0) is 66.9 Å². The second kappa shape index (κ2) is 6.57. The van der Waals surface area contributed by atoms with E-state index < -0.39 is 6.10 Å². The zero-order valence-corrected chi connectivity index (χ0v) is 14.3. The van der Waals surface area contributed by atoms with E-state index in [2.05, 4.69) is 15.9 Å². The van der Waals surface area contributed by atoms with Crippen LogP contribution in [0.4, 0.5) is 4.39 Å². The zero-order valence-electron chi connectivity index (χ0n) is 11.9. The molecule has 3 rings (SSSR count). The average molecular weight is 375 g/mol. The third-order valence-electron chi connectivity index (χ3n) is 4.66. The minimum absolute atomic E-state index is 0.0606. The standard InChI is InChI=1S/C16H20BrFO2S/c17-14-2-1-12(18)9-13(14)15(19)11-3-6-20-16(10-11)4-7-21-8-5-16/h1-2,9,11,15,19H,3-8,10H2. The fourth-order valence-electron chi connectivity index (χ4n) is 3.42. The Labute approximate surface area is 137 Å². The monoisotopic (exact) mass is 374 g/mol. The Hall–Kier alpha value is -0.100. The molecule has 2 fully saturated rings. The van der Waals surface area contributed by atoms with Gasteiger partial charge in [0.1, 0.15) is 5.82 Å². The van der Waals surface area contributed by atoms with Gasteiger partial charge in [0, 0.05) is 11.1 Å². The molecule has 0 bridgehead atoms. The van der Waals surface area contributed by atoms with Crippen LogP contribution in [0.15, 0.2) is 22.7 Å². The molecule has 116 valence electrons. The summed E-state index contributed by atoms with van der Waals surface area (Å²) in [6.45, 7) is 0.694. The van der Waals surface area contributed by atoms with E-state index in [1.165, 1.54) is 12.1 Å². The first kappa shape index (κ1) is 15.8. The number of rotatable bonds is 2. The average Bonchev–Trinajstić information content (AvgIpc) is 2.50. The Morgan fingerprint density at radius 3 is 2.90 bits per heavy atom. The van der Waals surface area contributed by atoms with E-state index in [1.807, 2.05) is 11.8 Å². The van der Waals surface area contributed by atoms with Gasteiger partial charge in [-0.2, -0.15) is 11.8 Å². The fraction of sp³-hybridized carbons (Fsp3) is 0.625. The summed E-state index contributed by atoms with van der Waals surface area (Å²) in [6.07, 6.45) is 3.19. The van der Waals surface area contributed by atoms with Gasteiger partial charge >= 0.3 is 0 Å². The van der Waals surface area contributed by atoms with Crippen molar-refractivity contribution >= 4 is 27.7 Å². The second-order valence-electron chi connectivity index (χ2n) is 6.01. The number of ether oxygens (including phenoxy) is 1. The summed E-state index contributed by atoms with van der Waals surface area (Å²) in [7, 11) is 0. The van der Waals surface area contributed by atoms with Gasteiger partial charge < -0.3 is 9.84 Å². The SMILES string of the molecule is OC(c1cc(F)ccc1Br)C1CCOC2(CCSCC2)C1. The maximum atomic E-state index is 13.5. The third kappa shape index (κ3) is 3.46. The van der Waals surface area contributed by atoms with Crippen molar-refractivity contribution in [1.82, 2.24) is 0 Å². The third-order valence-corrected chi connectivity index (χ3v) is 6.37. The first-order valence-electron chi connectivity index (χ1n) is 7.44. The van der Waals surface area contributed by atoms with E-state index in [0.29, 0.717) is 12.2 Å². The largest absolute Gasteiger partial charge is 0.388 e. The molecule has 2 heterocycles. The van der Waals surface area contributed by atoms with Crippen molar-refractivity contribution in [2.24, 2.45) is 5.92 Å². The molecule has 2 aliphatic rings. The molecule has 5 heteroatoms. The van der Waals surface area contributed by atoms with E-state index in [9.17, 15) is 9.50 Å². The number of benzene rings is 1. The van der Waals surface area contributed by atoms with Crippen LogP contribution in [-0.2, 0) is 4.74 Å². The molecule has 0 aliphatic carbocycles. The smallest absolute Gasteiger partial charge is 0.123 e. The van der Waals surface area contributed by atoms with Gasteiger partial charge in [-0.3, -0.25) is 0 Å². The Kier molecular flexibility index (Phi) is 4.94. The molecule has 1 aromatic rings. The normalized spacial score (nSPS) is 26.7. The predicted octanol–water partition coefficient (Wildman–Crippen LogP) is 4.31. The lowest BCUT2D eigenvalue weighted by molar-refractivity contribution is -0.121. The van der Waals surface area contributed by atoms with Crippen LogP contribution in [0.5, 0.6) is 0 Å². The minimum Gasteiger partial charge on any atom is -0.388 e. The van der Waals surface area contributed by atoms with Crippen LogP contribution in [0.25, 0.3) is 0 Å². The quantitative estimate of drug-likeness (QED) is 0.835. The molecule has 2 nitrogen and oxygen atoms in total. The predicted molar refractivity (Wildman–Crippen MR) is 87.0 cm³/mol. The maximum Gasteiger partial charge on any atom is 0.123 e. The Morgan fingerprint density at radius 1 is 1.38 bits per heavy atom. The van der Waals surface area contributed by atoms with Crippen LogP contribution in [0.2, 0.25) is 0 Å². The van der Waals surface area contributed by atoms with Crippen LogP contribution in [0.3, 0.4) is 0 Å². The topological polar surface area (TPSA) is 29.5 Å². The molecule has 1 spiro atoms. The van der Waals surface area contributed by atoms with Gasteiger partial charge in [0.15, 0.2) is 0 Å². The van der Waals surface area contributed by atoms with Crippen molar-refractivity contribution in [3.8, 4) is 0 Å². The van der Waals surface area contributed by atoms with Gasteiger partial charge in [0.05, 0.1) is 11.7 Å². The first-order chi connectivity index (χ1) is 10.1. The summed E-state index contributed by atoms with van der Waals surface area (Å²) in [6, 6.07) is 4.51. The highest BCUT2D eigenvalue weighted by Gasteiger charge is 2.41. The fourth-order valence-corrected chi connectivity index (χ4v) is 5.14. The van der Waals surface area contributed by atoms with Gasteiger partial charge in [0.25, 0.3) is 0 Å². The van der Waals surface area contributed by atoms with Crippen molar-refractivity contribution < 1.29 is 14.2 Å². The Balaban J connectivity index is 1.77. The van der Waals surface area contributed by atoms with Crippen molar-refractivity contribution in [2.45, 2.75) is 37.4 Å². The number of hydrogen-bond acceptors (Lipinski definition) is 3. The molecule has 2 atom stereocenters. The molecule has 2 unspecified atom stereocenters. The van der Waals surface area contributed by atoms with Crippen molar-refractivity contribution in [3.05, 3.63) is 34.1 Å². The number of hydrogen-bond donors (Lipinski definition) is 1.